The molecule has 1 rings (SSSR count). The van der Waals surface area contributed by atoms with Crippen LogP contribution in [0.2, 0.25) is 0 Å². The van der Waals surface area contributed by atoms with Crippen molar-refractivity contribution < 1.29 is 14.8 Å². The zero-order valence-corrected chi connectivity index (χ0v) is 11.5. The van der Waals surface area contributed by atoms with Gasteiger partial charge in [-0.05, 0) is 12.8 Å². The molecule has 1 aromatic heterocycles. The van der Waals surface area contributed by atoms with Crippen LogP contribution in [0.5, 0.6) is 0 Å². The van der Waals surface area contributed by atoms with Crippen molar-refractivity contribution in [3.8, 4) is 0 Å². The van der Waals surface area contributed by atoms with Gasteiger partial charge in [-0.2, -0.15) is 5.10 Å². The molecule has 1 unspecified atom stereocenters. The molecule has 8 heteroatoms. The largest absolute Gasteiger partial charge is 0.480 e. The van der Waals surface area contributed by atoms with Crippen molar-refractivity contribution in [2.75, 3.05) is 5.32 Å². The first-order chi connectivity index (χ1) is 9.42. The van der Waals surface area contributed by atoms with Crippen LogP contribution in [-0.4, -0.2) is 31.8 Å². The van der Waals surface area contributed by atoms with E-state index in [-0.39, 0.29) is 17.9 Å². The van der Waals surface area contributed by atoms with Gasteiger partial charge in [-0.15, -0.1) is 6.58 Å². The second kappa shape index (κ2) is 6.69. The molecule has 0 amide bonds. The number of anilines is 1. The molecule has 0 saturated carbocycles. The highest BCUT2D eigenvalue weighted by Crippen LogP contribution is 2.29. The van der Waals surface area contributed by atoms with E-state index < -0.39 is 16.9 Å². The number of rotatable bonds is 8. The fourth-order valence-electron chi connectivity index (χ4n) is 1.88. The van der Waals surface area contributed by atoms with E-state index in [1.807, 2.05) is 6.92 Å². The van der Waals surface area contributed by atoms with E-state index in [4.69, 9.17) is 5.11 Å². The van der Waals surface area contributed by atoms with Gasteiger partial charge < -0.3 is 10.4 Å². The van der Waals surface area contributed by atoms with Crippen molar-refractivity contribution in [3.05, 3.63) is 28.5 Å². The highest BCUT2D eigenvalue weighted by molar-refractivity contribution is 5.78. The van der Waals surface area contributed by atoms with Gasteiger partial charge in [-0.3, -0.25) is 10.1 Å². The lowest BCUT2D eigenvalue weighted by Crippen LogP contribution is -2.29. The number of carbonyl (C=O) groups is 1. The summed E-state index contributed by atoms with van der Waals surface area (Å²) in [4.78, 5) is 21.8. The molecular formula is C12H18N4O4. The Bertz CT molecular complexity index is 524. The number of aromatic nitrogens is 2. The van der Waals surface area contributed by atoms with Gasteiger partial charge in [-0.1, -0.05) is 19.4 Å². The number of nitrogens with zero attached hydrogens (tertiary/aromatic N) is 3. The summed E-state index contributed by atoms with van der Waals surface area (Å²) in [5, 5.41) is 27.0. The van der Waals surface area contributed by atoms with Crippen LogP contribution in [0.15, 0.2) is 12.7 Å². The number of carboxylic acid groups (broad SMARTS) is 1. The minimum Gasteiger partial charge on any atom is -0.480 e. The van der Waals surface area contributed by atoms with E-state index in [0.29, 0.717) is 18.5 Å². The lowest BCUT2D eigenvalue weighted by atomic mass is 10.2. The van der Waals surface area contributed by atoms with Gasteiger partial charge >= 0.3 is 11.7 Å². The van der Waals surface area contributed by atoms with E-state index in [1.54, 1.807) is 7.05 Å². The second-order valence-corrected chi connectivity index (χ2v) is 4.33. The van der Waals surface area contributed by atoms with Crippen molar-refractivity contribution in [2.24, 2.45) is 7.05 Å². The summed E-state index contributed by atoms with van der Waals surface area (Å²) in [7, 11) is 1.54. The number of nitro groups is 1. The van der Waals surface area contributed by atoms with Crippen LogP contribution in [0.4, 0.5) is 11.5 Å². The Labute approximate surface area is 116 Å². The quantitative estimate of drug-likeness (QED) is 0.426. The molecule has 1 atom stereocenters. The molecule has 20 heavy (non-hydrogen) atoms. The lowest BCUT2D eigenvalue weighted by molar-refractivity contribution is -0.384. The monoisotopic (exact) mass is 282 g/mol. The van der Waals surface area contributed by atoms with Gasteiger partial charge in [-0.25, -0.2) is 9.48 Å². The molecule has 0 saturated heterocycles. The first-order valence-electron chi connectivity index (χ1n) is 6.22. The van der Waals surface area contributed by atoms with Crippen LogP contribution >= 0.6 is 0 Å². The van der Waals surface area contributed by atoms with E-state index in [2.05, 4.69) is 17.0 Å². The van der Waals surface area contributed by atoms with E-state index >= 15 is 0 Å². The fourth-order valence-corrected chi connectivity index (χ4v) is 1.88. The van der Waals surface area contributed by atoms with Crippen molar-refractivity contribution in [1.82, 2.24) is 9.78 Å². The summed E-state index contributed by atoms with van der Waals surface area (Å²) in [6, 6.07) is -0.976. The van der Waals surface area contributed by atoms with E-state index in [9.17, 15) is 14.9 Å². The molecule has 8 nitrogen and oxygen atoms in total. The highest BCUT2D eigenvalue weighted by atomic mass is 16.6. The Hall–Kier alpha value is -2.38. The van der Waals surface area contributed by atoms with E-state index in [0.717, 1.165) is 0 Å². The third-order valence-corrected chi connectivity index (χ3v) is 2.77. The number of carboxylic acids is 1. The average Bonchev–Trinajstić information content (AvgIpc) is 2.65. The third kappa shape index (κ3) is 3.34. The highest BCUT2D eigenvalue weighted by Gasteiger charge is 2.29. The smallest absolute Gasteiger partial charge is 0.334 e. The maximum absolute atomic E-state index is 11.2. The van der Waals surface area contributed by atoms with Crippen LogP contribution < -0.4 is 5.32 Å². The molecule has 0 aromatic carbocycles. The number of aliphatic carboxylic acids is 1. The van der Waals surface area contributed by atoms with Gasteiger partial charge in [0.25, 0.3) is 0 Å². The molecular weight excluding hydrogens is 264 g/mol. The molecule has 0 aliphatic carbocycles. The number of nitrogens with one attached hydrogen (secondary N) is 1. The molecule has 0 fully saturated rings. The number of aryl methyl sites for hydroxylation is 2. The fraction of sp³-hybridized carbons (Fsp3) is 0.500. The van der Waals surface area contributed by atoms with Gasteiger partial charge in [0.2, 0.25) is 5.82 Å². The van der Waals surface area contributed by atoms with Crippen molar-refractivity contribution in [1.29, 1.82) is 0 Å². The zero-order valence-electron chi connectivity index (χ0n) is 11.5. The average molecular weight is 282 g/mol. The summed E-state index contributed by atoms with van der Waals surface area (Å²) in [6.07, 6.45) is 2.78. The van der Waals surface area contributed by atoms with Crippen LogP contribution in [0.1, 0.15) is 25.5 Å². The summed E-state index contributed by atoms with van der Waals surface area (Å²) in [5.74, 6) is -0.995. The predicted molar refractivity (Wildman–Crippen MR) is 73.7 cm³/mol. The zero-order chi connectivity index (χ0) is 15.3. The Balaban J connectivity index is 3.18. The minimum atomic E-state index is -1.10. The standard InChI is InChI=1S/C12H18N4O4/c1-4-6-8-10(16(19)20)11(15(3)14-8)13-9(7-5-2)12(17)18/h5,9,13H,2,4,6-7H2,1,3H3,(H,17,18). The summed E-state index contributed by atoms with van der Waals surface area (Å²) >= 11 is 0. The van der Waals surface area contributed by atoms with Crippen molar-refractivity contribution in [2.45, 2.75) is 32.2 Å². The Morgan fingerprint density at radius 1 is 1.70 bits per heavy atom. The van der Waals surface area contributed by atoms with Crippen LogP contribution in [0, 0.1) is 10.1 Å². The summed E-state index contributed by atoms with van der Waals surface area (Å²) in [6.45, 7) is 5.37. The molecule has 1 heterocycles. The first kappa shape index (κ1) is 15.7. The summed E-state index contributed by atoms with van der Waals surface area (Å²) in [5.41, 5.74) is 0.190. The normalized spacial score (nSPS) is 11.9. The lowest BCUT2D eigenvalue weighted by Gasteiger charge is -2.13. The van der Waals surface area contributed by atoms with E-state index in [1.165, 1.54) is 10.8 Å². The maximum Gasteiger partial charge on any atom is 0.334 e. The molecule has 0 aliphatic rings. The van der Waals surface area contributed by atoms with Gasteiger partial charge in [0, 0.05) is 7.05 Å². The summed E-state index contributed by atoms with van der Waals surface area (Å²) < 4.78 is 1.31. The van der Waals surface area contributed by atoms with Gasteiger partial charge in [0.15, 0.2) is 0 Å². The second-order valence-electron chi connectivity index (χ2n) is 4.33. The molecule has 0 spiro atoms. The molecule has 0 bridgehead atoms. The number of hydrogen-bond acceptors (Lipinski definition) is 5. The van der Waals surface area contributed by atoms with Crippen LogP contribution in [0.3, 0.4) is 0 Å². The molecule has 1 aromatic rings. The maximum atomic E-state index is 11.2. The molecule has 0 aliphatic heterocycles. The third-order valence-electron chi connectivity index (χ3n) is 2.77. The van der Waals surface area contributed by atoms with Crippen LogP contribution in [0.25, 0.3) is 0 Å². The SMILES string of the molecule is C=CCC(Nc1c([N+](=O)[O-])c(CCC)nn1C)C(=O)O. The molecule has 0 radical (unpaired) electrons. The van der Waals surface area contributed by atoms with Gasteiger partial charge in [0.05, 0.1) is 4.92 Å². The Morgan fingerprint density at radius 3 is 2.80 bits per heavy atom. The topological polar surface area (TPSA) is 110 Å². The van der Waals surface area contributed by atoms with Crippen molar-refractivity contribution in [3.63, 3.8) is 0 Å². The Kier molecular flexibility index (Phi) is 5.24. The van der Waals surface area contributed by atoms with Crippen molar-refractivity contribution >= 4 is 17.5 Å². The Morgan fingerprint density at radius 2 is 2.35 bits per heavy atom. The van der Waals surface area contributed by atoms with Gasteiger partial charge in [0.1, 0.15) is 11.7 Å². The predicted octanol–water partition coefficient (Wildman–Crippen LogP) is 1.72. The van der Waals surface area contributed by atoms with Crippen LogP contribution in [-0.2, 0) is 18.3 Å². The first-order valence-corrected chi connectivity index (χ1v) is 6.22. The molecule has 2 N–H and O–H groups in total. The minimum absolute atomic E-state index is 0.104. The molecule has 110 valence electrons. The number of hydrogen-bond donors (Lipinski definition) is 2.